The van der Waals surface area contributed by atoms with Crippen LogP contribution >= 0.6 is 0 Å². The number of hydrogen-bond acceptors (Lipinski definition) is 4. The van der Waals surface area contributed by atoms with Gasteiger partial charge in [-0.05, 0) is 24.3 Å². The van der Waals surface area contributed by atoms with E-state index in [0.717, 1.165) is 0 Å². The largest absolute Gasteiger partial charge is 0.336 e. The lowest BCUT2D eigenvalue weighted by atomic mass is 10.1. The van der Waals surface area contributed by atoms with Gasteiger partial charge in [-0.1, -0.05) is 18.2 Å². The molecule has 1 saturated heterocycles. The van der Waals surface area contributed by atoms with Gasteiger partial charge < -0.3 is 4.90 Å². The number of rotatable bonds is 4. The minimum Gasteiger partial charge on any atom is -0.336 e. The van der Waals surface area contributed by atoms with Gasteiger partial charge in [0.25, 0.3) is 11.6 Å². The fraction of sp³-hybridized carbons (Fsp3) is 0.278. The number of nitrogens with zero attached hydrogens (tertiary/aromatic N) is 3. The third kappa shape index (κ3) is 4.00. The average Bonchev–Trinajstić information content (AvgIpc) is 2.63. The van der Waals surface area contributed by atoms with Crippen molar-refractivity contribution >= 4 is 11.6 Å². The van der Waals surface area contributed by atoms with E-state index < -0.39 is 0 Å². The van der Waals surface area contributed by atoms with Crippen molar-refractivity contribution in [3.05, 3.63) is 75.6 Å². The van der Waals surface area contributed by atoms with Crippen molar-refractivity contribution < 1.29 is 14.1 Å². The molecule has 3 rings (SSSR count). The van der Waals surface area contributed by atoms with Crippen molar-refractivity contribution in [3.8, 4) is 0 Å². The van der Waals surface area contributed by atoms with Crippen molar-refractivity contribution in [1.29, 1.82) is 0 Å². The lowest BCUT2D eigenvalue weighted by Crippen LogP contribution is -2.48. The number of amides is 1. The van der Waals surface area contributed by atoms with Crippen LogP contribution in [0.4, 0.5) is 10.1 Å². The summed E-state index contributed by atoms with van der Waals surface area (Å²) in [6, 6.07) is 12.2. The third-order valence-corrected chi connectivity index (χ3v) is 4.33. The zero-order chi connectivity index (χ0) is 17.8. The first-order valence-electron chi connectivity index (χ1n) is 8.04. The third-order valence-electron chi connectivity index (χ3n) is 4.33. The summed E-state index contributed by atoms with van der Waals surface area (Å²) in [6.07, 6.45) is 0. The standard InChI is InChI=1S/C18H18FN3O3/c19-16-7-5-14(6-8-16)18(23)21-11-9-20(10-12-21)13-15-3-1-2-4-17(15)22(24)25/h1-8H,9-13H2. The van der Waals surface area contributed by atoms with E-state index in [1.54, 1.807) is 23.1 Å². The van der Waals surface area contributed by atoms with Crippen LogP contribution in [0.1, 0.15) is 15.9 Å². The molecule has 0 N–H and O–H groups in total. The normalized spacial score (nSPS) is 15.2. The van der Waals surface area contributed by atoms with Gasteiger partial charge >= 0.3 is 0 Å². The Labute approximate surface area is 144 Å². The van der Waals surface area contributed by atoms with Gasteiger partial charge in [0.1, 0.15) is 5.82 Å². The maximum Gasteiger partial charge on any atom is 0.273 e. The molecule has 0 aromatic heterocycles. The van der Waals surface area contributed by atoms with Crippen molar-refractivity contribution in [3.63, 3.8) is 0 Å². The first-order valence-corrected chi connectivity index (χ1v) is 8.04. The van der Waals surface area contributed by atoms with E-state index in [4.69, 9.17) is 0 Å². The molecule has 1 fully saturated rings. The molecule has 6 nitrogen and oxygen atoms in total. The number of piperazine rings is 1. The molecule has 25 heavy (non-hydrogen) atoms. The Morgan fingerprint density at radius 3 is 2.32 bits per heavy atom. The minimum atomic E-state index is -0.371. The van der Waals surface area contributed by atoms with Gasteiger partial charge in [0.05, 0.1) is 4.92 Å². The molecular formula is C18H18FN3O3. The number of nitro benzene ring substituents is 1. The van der Waals surface area contributed by atoms with Gasteiger partial charge in [-0.25, -0.2) is 4.39 Å². The fourth-order valence-electron chi connectivity index (χ4n) is 2.95. The molecule has 0 saturated carbocycles. The molecule has 0 unspecified atom stereocenters. The SMILES string of the molecule is O=C(c1ccc(F)cc1)N1CCN(Cc2ccccc2[N+](=O)[O-])CC1. The number of nitro groups is 1. The van der Waals surface area contributed by atoms with Crippen LogP contribution in [0.2, 0.25) is 0 Å². The molecule has 1 aliphatic heterocycles. The van der Waals surface area contributed by atoms with Crippen molar-refractivity contribution in [2.75, 3.05) is 26.2 Å². The molecule has 1 amide bonds. The van der Waals surface area contributed by atoms with Gasteiger partial charge in [0.2, 0.25) is 0 Å². The predicted octanol–water partition coefficient (Wildman–Crippen LogP) is 2.69. The summed E-state index contributed by atoms with van der Waals surface area (Å²) in [7, 11) is 0. The Morgan fingerprint density at radius 2 is 1.68 bits per heavy atom. The molecule has 0 radical (unpaired) electrons. The molecule has 1 aliphatic rings. The minimum absolute atomic E-state index is 0.118. The van der Waals surface area contributed by atoms with Gasteiger partial charge in [-0.3, -0.25) is 19.8 Å². The number of halogens is 1. The molecular weight excluding hydrogens is 325 g/mol. The molecule has 130 valence electrons. The van der Waals surface area contributed by atoms with Crippen LogP contribution in [0, 0.1) is 15.9 Å². The fourth-order valence-corrected chi connectivity index (χ4v) is 2.95. The zero-order valence-corrected chi connectivity index (χ0v) is 13.6. The number of para-hydroxylation sites is 1. The molecule has 2 aromatic rings. The highest BCUT2D eigenvalue weighted by Gasteiger charge is 2.23. The second-order valence-electron chi connectivity index (χ2n) is 5.96. The maximum absolute atomic E-state index is 13.0. The van der Waals surface area contributed by atoms with Crippen molar-refractivity contribution in [2.24, 2.45) is 0 Å². The van der Waals surface area contributed by atoms with E-state index in [1.165, 1.54) is 30.3 Å². The Bertz CT molecular complexity index is 771. The van der Waals surface area contributed by atoms with E-state index in [1.807, 2.05) is 0 Å². The molecule has 0 spiro atoms. The summed E-state index contributed by atoms with van der Waals surface area (Å²) in [5.41, 5.74) is 1.26. The first kappa shape index (κ1) is 17.0. The highest BCUT2D eigenvalue weighted by molar-refractivity contribution is 5.94. The highest BCUT2D eigenvalue weighted by atomic mass is 19.1. The average molecular weight is 343 g/mol. The molecule has 0 aliphatic carbocycles. The Morgan fingerprint density at radius 1 is 1.04 bits per heavy atom. The number of carbonyl (C=O) groups is 1. The first-order chi connectivity index (χ1) is 12.0. The predicted molar refractivity (Wildman–Crippen MR) is 90.7 cm³/mol. The second kappa shape index (κ2) is 7.40. The van der Waals surface area contributed by atoms with Crippen LogP contribution in [0.5, 0.6) is 0 Å². The summed E-state index contributed by atoms with van der Waals surface area (Å²) in [6.45, 7) is 2.83. The lowest BCUT2D eigenvalue weighted by Gasteiger charge is -2.34. The number of hydrogen-bond donors (Lipinski definition) is 0. The Balaban J connectivity index is 1.60. The Kier molecular flexibility index (Phi) is 5.04. The van der Waals surface area contributed by atoms with Gasteiger partial charge in [0.15, 0.2) is 0 Å². The highest BCUT2D eigenvalue weighted by Crippen LogP contribution is 2.20. The molecule has 1 heterocycles. The molecule has 0 atom stereocenters. The van der Waals surface area contributed by atoms with E-state index in [9.17, 15) is 19.3 Å². The quantitative estimate of drug-likeness (QED) is 0.632. The van der Waals surface area contributed by atoms with Gasteiger partial charge in [-0.15, -0.1) is 0 Å². The number of carbonyl (C=O) groups excluding carboxylic acids is 1. The summed E-state index contributed by atoms with van der Waals surface area (Å²) in [5, 5.41) is 11.1. The summed E-state index contributed by atoms with van der Waals surface area (Å²) < 4.78 is 13.0. The number of benzene rings is 2. The van der Waals surface area contributed by atoms with Crippen LogP contribution in [0.25, 0.3) is 0 Å². The zero-order valence-electron chi connectivity index (χ0n) is 13.6. The van der Waals surface area contributed by atoms with E-state index in [0.29, 0.717) is 43.9 Å². The van der Waals surface area contributed by atoms with Gasteiger partial charge in [-0.2, -0.15) is 0 Å². The van der Waals surface area contributed by atoms with E-state index in [2.05, 4.69) is 4.90 Å². The van der Waals surface area contributed by atoms with Crippen molar-refractivity contribution in [2.45, 2.75) is 6.54 Å². The topological polar surface area (TPSA) is 66.7 Å². The van der Waals surface area contributed by atoms with Crippen LogP contribution < -0.4 is 0 Å². The molecule has 0 bridgehead atoms. The second-order valence-corrected chi connectivity index (χ2v) is 5.96. The van der Waals surface area contributed by atoms with Crippen LogP contribution in [0.15, 0.2) is 48.5 Å². The van der Waals surface area contributed by atoms with Crippen molar-refractivity contribution in [1.82, 2.24) is 9.80 Å². The van der Waals surface area contributed by atoms with E-state index >= 15 is 0 Å². The van der Waals surface area contributed by atoms with Gasteiger partial charge in [0, 0.05) is 49.9 Å². The monoisotopic (exact) mass is 343 g/mol. The van der Waals surface area contributed by atoms with Crippen LogP contribution in [-0.4, -0.2) is 46.8 Å². The van der Waals surface area contributed by atoms with Crippen LogP contribution in [-0.2, 0) is 6.54 Å². The summed E-state index contributed by atoms with van der Waals surface area (Å²) in [5.74, 6) is -0.490. The van der Waals surface area contributed by atoms with E-state index in [-0.39, 0.29) is 22.3 Å². The lowest BCUT2D eigenvalue weighted by molar-refractivity contribution is -0.385. The summed E-state index contributed by atoms with van der Waals surface area (Å²) >= 11 is 0. The van der Waals surface area contributed by atoms with Crippen LogP contribution in [0.3, 0.4) is 0 Å². The Hall–Kier alpha value is -2.80. The maximum atomic E-state index is 13.0. The molecule has 7 heteroatoms. The summed E-state index contributed by atoms with van der Waals surface area (Å²) in [4.78, 5) is 27.0. The molecule has 2 aromatic carbocycles. The smallest absolute Gasteiger partial charge is 0.273 e.